The summed E-state index contributed by atoms with van der Waals surface area (Å²) in [4.78, 5) is 157. The summed E-state index contributed by atoms with van der Waals surface area (Å²) < 4.78 is 13.2. The van der Waals surface area contributed by atoms with Crippen molar-refractivity contribution < 1.29 is 226 Å². The fourth-order valence-electron chi connectivity index (χ4n) is 9.46. The predicted molar refractivity (Wildman–Crippen MR) is 360 cm³/mol. The number of anilines is 4. The Bertz CT molecular complexity index is 4610. The second-order valence-electron chi connectivity index (χ2n) is 24.0. The number of nitro groups is 3. The van der Waals surface area contributed by atoms with Crippen LogP contribution in [0.3, 0.4) is 0 Å². The number of halogens is 1. The molecular formula is C59H65Cs2IN20O21. The maximum absolute atomic E-state index is 12.5. The van der Waals surface area contributed by atoms with Crippen LogP contribution in [-0.4, -0.2) is 156 Å². The minimum atomic E-state index is -0.770. The number of benzene rings is 4. The first-order valence-electron chi connectivity index (χ1n) is 30.0. The van der Waals surface area contributed by atoms with Crippen molar-refractivity contribution in [3.63, 3.8) is 0 Å². The third-order valence-corrected chi connectivity index (χ3v) is 14.9. The molecule has 536 valence electrons. The zero-order valence-corrected chi connectivity index (χ0v) is 70.8. The van der Waals surface area contributed by atoms with Crippen molar-refractivity contribution >= 4 is 172 Å². The molecule has 103 heavy (non-hydrogen) atoms. The first-order valence-corrected chi connectivity index (χ1v) is 31.1. The topological polar surface area (TPSA) is 597 Å². The maximum atomic E-state index is 12.5. The first-order chi connectivity index (χ1) is 47.5. The quantitative estimate of drug-likeness (QED) is 0.0130. The molecule has 8 amide bonds. The van der Waals surface area contributed by atoms with Gasteiger partial charge in [-0.05, 0) is 126 Å². The number of nitrogens with one attached hydrogen (secondary N) is 9. The van der Waals surface area contributed by atoms with Crippen molar-refractivity contribution in [3.05, 3.63) is 107 Å². The molecule has 4 aromatic carbocycles. The number of hydrogen-bond acceptors (Lipinski definition) is 30. The molecule has 44 heteroatoms. The fourth-order valence-corrected chi connectivity index (χ4v) is 10.1. The molecule has 12 rings (SSSR count). The number of carbonyl (C=O) groups is 11. The Morgan fingerprint density at radius 2 is 0.903 bits per heavy atom. The molecule has 4 unspecified atom stereocenters. The van der Waals surface area contributed by atoms with Crippen LogP contribution in [0, 0.1) is 34.0 Å². The predicted octanol–water partition coefficient (Wildman–Crippen LogP) is -2.37. The number of amides is 8. The zero-order chi connectivity index (χ0) is 74.4. The average molecular weight is 1780 g/mol. The van der Waals surface area contributed by atoms with Gasteiger partial charge in [0.1, 0.15) is 33.0 Å². The van der Waals surface area contributed by atoms with Crippen molar-refractivity contribution in [2.24, 2.45) is 5.73 Å². The molecule has 13 N–H and O–H groups in total. The van der Waals surface area contributed by atoms with Gasteiger partial charge >= 0.3 is 150 Å². The van der Waals surface area contributed by atoms with Crippen molar-refractivity contribution in [1.29, 1.82) is 0 Å². The molecule has 8 aromatic rings. The number of carbonyl (C=O) groups excluding carboxylic acids is 11. The molecule has 4 aromatic heterocycles. The molecule has 0 radical (unpaired) electrons. The SMILES string of the molecule is CC(C)(C)OC(=O)n1nc(I)c2cc([N+](=O)[O-])ccc21.CC(C)(C)OC(=O)n1nc(NC2CCC(=O)NC2=O)c2cc([N+](=O)[O-])ccc21.NC1CCC(=O)NC1=O.Nc1ccc2[nH]nc(NC3CCC(=O)NC3=O)c2c1.O=C1CCC(Nc2n[nH]c3ccc([N+](=O)[O-])cc23)C(=O)N1.O=CO[O-].[Cs+].[Cs+].[H-]. The number of hydrogen-bond donors (Lipinski definition) is 11. The van der Waals surface area contributed by atoms with Gasteiger partial charge < -0.3 is 48.5 Å². The van der Waals surface area contributed by atoms with Crippen molar-refractivity contribution in [3.8, 4) is 0 Å². The molecule has 0 saturated carbocycles. The number of imide groups is 4. The van der Waals surface area contributed by atoms with Gasteiger partial charge in [0, 0.05) is 78.5 Å². The fraction of sp³-hybridized carbons (Fsp3) is 0.339. The van der Waals surface area contributed by atoms with Gasteiger partial charge in [-0.2, -0.15) is 24.7 Å². The van der Waals surface area contributed by atoms with Crippen LogP contribution < -0.4 is 192 Å². The Labute approximate surface area is 712 Å². The molecule has 0 bridgehead atoms. The van der Waals surface area contributed by atoms with Gasteiger partial charge in [0.05, 0.1) is 53.7 Å². The molecule has 4 aliphatic heterocycles. The van der Waals surface area contributed by atoms with Crippen LogP contribution >= 0.6 is 22.6 Å². The number of nitro benzene ring substituents is 3. The van der Waals surface area contributed by atoms with Crippen molar-refractivity contribution in [1.82, 2.24) is 61.2 Å². The zero-order valence-electron chi connectivity index (χ0n) is 57.1. The third kappa shape index (κ3) is 24.2. The summed E-state index contributed by atoms with van der Waals surface area (Å²) in [5, 5.41) is 83.0. The van der Waals surface area contributed by atoms with E-state index in [2.05, 4.69) is 72.7 Å². The van der Waals surface area contributed by atoms with E-state index in [1.807, 2.05) is 28.7 Å². The number of nitrogen functional groups attached to an aromatic ring is 1. The standard InChI is InChI=1S/C17H19N5O6.C12H12IN3O4.C12H11N5O4.C12H13N5O2.C5H8N2O2.CH2O3.2Cs.H/c1-17(2,3)28-16(25)21-12-6-4-9(22(26)27)8-10(12)14(20-21)18-11-5-7-13(23)19-15(11)24;1-12(2,3)20-11(17)15-9-5-4-7(16(18)19)6-8(9)10(13)14-15;18-10-4-3-9(12(19)14-10)13-11-7-5-6(17(20)21)1-2-8(7)15-16-11;13-6-1-2-8-7(5-6)11(17-16-8)14-9-3-4-10(18)15-12(9)19;6-3-1-2-4(8)7-5(3)9;2-1-4-3;;;/h4,6,8,11H,5,7H2,1-3H3,(H,18,20)(H,19,23,24);4-6H,1-3H3;1-2,5,9H,3-4H2,(H2,13,15,16)(H,14,18,19);1-2,5,9H,3-4,13H2,(H2,14,16,17)(H,15,18,19);3H,1-2,6H2,(H,7,8,9);1,3H;;;/q;;;;;;2*+1;-1/p-1. The van der Waals surface area contributed by atoms with Gasteiger partial charge in [-0.25, -0.2) is 9.59 Å². The van der Waals surface area contributed by atoms with Crippen LogP contribution in [0.15, 0.2) is 72.8 Å². The summed E-state index contributed by atoms with van der Waals surface area (Å²) in [5.74, 6) is -1.74. The minimum absolute atomic E-state index is 0. The molecule has 0 spiro atoms. The molecular weight excluding hydrogens is 1720 g/mol. The molecule has 41 nitrogen and oxygen atoms in total. The summed E-state index contributed by atoms with van der Waals surface area (Å²) in [6, 6.07) is 15.5. The van der Waals surface area contributed by atoms with Crippen LogP contribution in [0.5, 0.6) is 0 Å². The van der Waals surface area contributed by atoms with Crippen LogP contribution in [0.25, 0.3) is 43.6 Å². The van der Waals surface area contributed by atoms with E-state index in [0.717, 1.165) is 20.3 Å². The second kappa shape index (κ2) is 38.1. The molecule has 4 atom stereocenters. The van der Waals surface area contributed by atoms with Crippen molar-refractivity contribution in [2.45, 2.75) is 128 Å². The van der Waals surface area contributed by atoms with Crippen LogP contribution in [0.1, 0.15) is 94.3 Å². The van der Waals surface area contributed by atoms with E-state index in [0.29, 0.717) is 74.9 Å². The summed E-state index contributed by atoms with van der Waals surface area (Å²) in [7, 11) is 0. The van der Waals surface area contributed by atoms with Gasteiger partial charge in [0.2, 0.25) is 47.3 Å². The number of nitrogens with zero attached hydrogens (tertiary/aromatic N) is 9. The number of non-ortho nitro benzene ring substituents is 3. The summed E-state index contributed by atoms with van der Waals surface area (Å²) in [5.41, 5.74) is 12.2. The molecule has 4 fully saturated rings. The van der Waals surface area contributed by atoms with Crippen LogP contribution in [0.4, 0.5) is 49.8 Å². The largest absolute Gasteiger partial charge is 1.00 e. The number of rotatable bonds is 10. The van der Waals surface area contributed by atoms with Crippen LogP contribution in [-0.2, 0) is 57.5 Å². The molecule has 0 aliphatic carbocycles. The number of ether oxygens (including phenoxy) is 2. The second-order valence-corrected chi connectivity index (χ2v) is 25.0. The van der Waals surface area contributed by atoms with Gasteiger partial charge in [-0.15, -0.1) is 5.10 Å². The monoisotopic (exact) mass is 1780 g/mol. The summed E-state index contributed by atoms with van der Waals surface area (Å²) in [6.45, 7) is 10.2. The summed E-state index contributed by atoms with van der Waals surface area (Å²) in [6.07, 6.45) is 1.24. The molecule has 4 saturated heterocycles. The van der Waals surface area contributed by atoms with E-state index >= 15 is 0 Å². The van der Waals surface area contributed by atoms with E-state index in [1.54, 1.807) is 59.7 Å². The Morgan fingerprint density at radius 1 is 0.553 bits per heavy atom. The number of aromatic amines is 2. The molecule has 4 aliphatic rings. The van der Waals surface area contributed by atoms with Gasteiger partial charge in [-0.3, -0.25) is 105 Å². The number of nitrogens with two attached hydrogens (primary N) is 2. The van der Waals surface area contributed by atoms with Crippen molar-refractivity contribution in [2.75, 3.05) is 21.7 Å². The average Bonchev–Trinajstić information content (AvgIpc) is 1.64. The Morgan fingerprint density at radius 3 is 1.29 bits per heavy atom. The van der Waals surface area contributed by atoms with Gasteiger partial charge in [-0.1, -0.05) is 0 Å². The summed E-state index contributed by atoms with van der Waals surface area (Å²) >= 11 is 1.93. The number of H-pyrrole nitrogens is 2. The third-order valence-electron chi connectivity index (χ3n) is 14.2. The number of fused-ring (bicyclic) bond motifs is 4. The van der Waals surface area contributed by atoms with Gasteiger partial charge in [0.15, 0.2) is 17.5 Å². The number of aromatic nitrogens is 8. The normalized spacial score (nSPS) is 17.0. The van der Waals surface area contributed by atoms with E-state index < -0.39 is 74.1 Å². The van der Waals surface area contributed by atoms with E-state index in [1.165, 1.54) is 48.5 Å². The smallest absolute Gasteiger partial charge is 1.00 e. The molecule has 8 heterocycles. The van der Waals surface area contributed by atoms with E-state index in [9.17, 15) is 78.3 Å². The Kier molecular flexibility index (Phi) is 31.6. The maximum Gasteiger partial charge on any atom is 1.00 e. The first kappa shape index (κ1) is 85.5. The Hall–Kier alpha value is -8.12. The van der Waals surface area contributed by atoms with E-state index in [-0.39, 0.29) is 234 Å². The minimum Gasteiger partial charge on any atom is -1.00 e. The number of piperidine rings is 4. The van der Waals surface area contributed by atoms with E-state index in [4.69, 9.17) is 31.0 Å². The van der Waals surface area contributed by atoms with Crippen LogP contribution in [0.2, 0.25) is 0 Å². The van der Waals surface area contributed by atoms with Gasteiger partial charge in [0.25, 0.3) is 23.5 Å². The Balaban J connectivity index is 0.000000277.